The molecule has 0 unspecified atom stereocenters. The van der Waals surface area contributed by atoms with Crippen LogP contribution in [0.4, 0.5) is 11.9 Å². The number of nitrogen functional groups attached to an aromatic ring is 1. The molecular formula is C24H16Cl4N8O2. The molecule has 0 radical (unpaired) electrons. The van der Waals surface area contributed by atoms with Crippen molar-refractivity contribution in [3.63, 3.8) is 0 Å². The lowest BCUT2D eigenvalue weighted by molar-refractivity contribution is 0.574. The van der Waals surface area contributed by atoms with Crippen LogP contribution in [0.25, 0.3) is 22.6 Å². The molecule has 0 saturated heterocycles. The van der Waals surface area contributed by atoms with Crippen LogP contribution in [0.15, 0.2) is 79.7 Å². The van der Waals surface area contributed by atoms with Crippen LogP contribution >= 0.6 is 46.4 Å². The van der Waals surface area contributed by atoms with Crippen LogP contribution in [0.5, 0.6) is 0 Å². The third-order valence-corrected chi connectivity index (χ3v) is 6.55. The number of halogens is 4. The molecule has 0 aliphatic heterocycles. The molecule has 5 rings (SSSR count). The molecule has 0 atom stereocenters. The van der Waals surface area contributed by atoms with Crippen LogP contribution in [0.3, 0.4) is 0 Å². The summed E-state index contributed by atoms with van der Waals surface area (Å²) in [7, 11) is 0. The molecule has 14 heteroatoms. The van der Waals surface area contributed by atoms with Crippen LogP contribution < -0.4 is 16.7 Å². The van der Waals surface area contributed by atoms with E-state index in [1.165, 1.54) is 12.4 Å². The number of hydrogen-bond donors (Lipinski definition) is 3. The molecule has 3 aromatic heterocycles. The van der Waals surface area contributed by atoms with Crippen LogP contribution in [0.2, 0.25) is 20.1 Å². The number of furan rings is 2. The van der Waals surface area contributed by atoms with E-state index >= 15 is 0 Å². The average molecular weight is 590 g/mol. The molecule has 2 aromatic carbocycles. The fourth-order valence-electron chi connectivity index (χ4n) is 3.20. The lowest BCUT2D eigenvalue weighted by Crippen LogP contribution is -2.14. The van der Waals surface area contributed by atoms with Crippen LogP contribution in [0, 0.1) is 0 Å². The number of hydrogen-bond acceptors (Lipinski definition) is 9. The first-order chi connectivity index (χ1) is 18.4. The summed E-state index contributed by atoms with van der Waals surface area (Å²) in [5.74, 6) is 8.52. The van der Waals surface area contributed by atoms with Gasteiger partial charge in [-0.2, -0.15) is 14.9 Å². The van der Waals surface area contributed by atoms with Crippen molar-refractivity contribution in [2.45, 2.75) is 0 Å². The van der Waals surface area contributed by atoms with Crippen LogP contribution in [-0.2, 0) is 0 Å². The van der Waals surface area contributed by atoms with E-state index < -0.39 is 0 Å². The van der Waals surface area contributed by atoms with Crippen LogP contribution in [0.1, 0.15) is 11.5 Å². The van der Waals surface area contributed by atoms with E-state index in [0.717, 1.165) is 15.8 Å². The minimum Gasteiger partial charge on any atom is -0.455 e. The number of nitrogens with zero attached hydrogens (tertiary/aromatic N) is 5. The monoisotopic (exact) mass is 588 g/mol. The predicted octanol–water partition coefficient (Wildman–Crippen LogP) is 7.02. The summed E-state index contributed by atoms with van der Waals surface area (Å²) >= 11 is 24.1. The molecule has 0 amide bonds. The third kappa shape index (κ3) is 5.79. The van der Waals surface area contributed by atoms with Crippen molar-refractivity contribution in [3.05, 3.63) is 92.3 Å². The second kappa shape index (κ2) is 11.2. The molecule has 0 fully saturated rings. The fraction of sp³-hybridized carbons (Fsp3) is 0. The summed E-state index contributed by atoms with van der Waals surface area (Å²) in [4.78, 5) is 0. The Morgan fingerprint density at radius 3 is 1.53 bits per heavy atom. The first-order valence-corrected chi connectivity index (χ1v) is 12.3. The number of hydrazone groups is 2. The van der Waals surface area contributed by atoms with Gasteiger partial charge in [-0.25, -0.2) is 10.9 Å². The lowest BCUT2D eigenvalue weighted by Gasteiger charge is -2.01. The van der Waals surface area contributed by atoms with Gasteiger partial charge in [0.25, 0.3) is 11.9 Å². The highest BCUT2D eigenvalue weighted by molar-refractivity contribution is 6.42. The SMILES string of the molecule is Nn1c(N/N=C/c2ccc(-c3ccc(Cl)c(Cl)c3)o2)nnc1N/N=C/c1ccc(-c2ccc(Cl)c(Cl)c2)o1. The summed E-state index contributed by atoms with van der Waals surface area (Å²) in [5, 5.41) is 17.8. The largest absolute Gasteiger partial charge is 0.455 e. The summed E-state index contributed by atoms with van der Waals surface area (Å²) in [6, 6.07) is 17.5. The van der Waals surface area contributed by atoms with Gasteiger partial charge in [0, 0.05) is 11.1 Å². The van der Waals surface area contributed by atoms with Crippen molar-refractivity contribution in [2.24, 2.45) is 10.2 Å². The Kier molecular flexibility index (Phi) is 7.57. The number of anilines is 2. The number of rotatable bonds is 8. The number of nitrogens with two attached hydrogens (primary N) is 1. The summed E-state index contributed by atoms with van der Waals surface area (Å²) < 4.78 is 12.7. The summed E-state index contributed by atoms with van der Waals surface area (Å²) in [5.41, 5.74) is 6.95. The van der Waals surface area contributed by atoms with Gasteiger partial charge < -0.3 is 14.7 Å². The van der Waals surface area contributed by atoms with Gasteiger partial charge >= 0.3 is 0 Å². The summed E-state index contributed by atoms with van der Waals surface area (Å²) in [6.07, 6.45) is 2.92. The van der Waals surface area contributed by atoms with E-state index in [1.54, 1.807) is 60.7 Å². The minimum atomic E-state index is 0.162. The molecule has 3 heterocycles. The van der Waals surface area contributed by atoms with Crippen molar-refractivity contribution in [1.29, 1.82) is 0 Å². The van der Waals surface area contributed by atoms with Gasteiger partial charge in [-0.05, 0) is 60.7 Å². The highest BCUT2D eigenvalue weighted by atomic mass is 35.5. The van der Waals surface area contributed by atoms with Crippen molar-refractivity contribution in [1.82, 2.24) is 14.9 Å². The van der Waals surface area contributed by atoms with E-state index in [9.17, 15) is 0 Å². The smallest absolute Gasteiger partial charge is 0.265 e. The van der Waals surface area contributed by atoms with E-state index in [0.29, 0.717) is 43.1 Å². The molecule has 38 heavy (non-hydrogen) atoms. The van der Waals surface area contributed by atoms with Gasteiger partial charge in [0.2, 0.25) is 0 Å². The number of aromatic nitrogens is 3. The standard InChI is InChI=1S/C24H16Cl4N8O2/c25-17-5-1-13(9-19(17)27)21-7-3-15(37-21)11-30-32-23-34-35-24(36(23)29)33-31-12-16-4-8-22(38-16)14-2-6-18(26)20(28)10-14/h1-12H,29H2,(H,32,34)(H,33,35)/b30-11+,31-12+. The molecule has 0 bridgehead atoms. The van der Waals surface area contributed by atoms with Crippen molar-refractivity contribution >= 4 is 70.7 Å². The van der Waals surface area contributed by atoms with Gasteiger partial charge in [-0.3, -0.25) is 0 Å². The van der Waals surface area contributed by atoms with Crippen molar-refractivity contribution in [2.75, 3.05) is 16.7 Å². The van der Waals surface area contributed by atoms with Crippen molar-refractivity contribution < 1.29 is 8.83 Å². The molecule has 4 N–H and O–H groups in total. The van der Waals surface area contributed by atoms with Gasteiger partial charge in [0.15, 0.2) is 0 Å². The Balaban J connectivity index is 1.18. The molecule has 5 aromatic rings. The lowest BCUT2D eigenvalue weighted by atomic mass is 10.2. The Morgan fingerprint density at radius 1 is 0.658 bits per heavy atom. The Labute approximate surface area is 235 Å². The van der Waals surface area contributed by atoms with Crippen molar-refractivity contribution in [3.8, 4) is 22.6 Å². The normalized spacial score (nSPS) is 11.6. The zero-order valence-corrected chi connectivity index (χ0v) is 22.1. The predicted molar refractivity (Wildman–Crippen MR) is 151 cm³/mol. The first kappa shape index (κ1) is 25.7. The van der Waals surface area contributed by atoms with E-state index in [4.69, 9.17) is 61.1 Å². The van der Waals surface area contributed by atoms with Gasteiger partial charge in [-0.15, -0.1) is 10.2 Å². The Hall–Kier alpha value is -3.96. The number of nitrogens with one attached hydrogen (secondary N) is 2. The minimum absolute atomic E-state index is 0.162. The van der Waals surface area contributed by atoms with E-state index in [2.05, 4.69) is 31.3 Å². The van der Waals surface area contributed by atoms with E-state index in [1.807, 2.05) is 0 Å². The second-order valence-corrected chi connectivity index (χ2v) is 9.25. The van der Waals surface area contributed by atoms with Gasteiger partial charge in [0.1, 0.15) is 23.0 Å². The Bertz CT molecular complexity index is 1540. The topological polar surface area (TPSA) is 132 Å². The average Bonchev–Trinajstić information content (AvgIpc) is 3.65. The maximum absolute atomic E-state index is 6.07. The van der Waals surface area contributed by atoms with Crippen LogP contribution in [-0.4, -0.2) is 27.3 Å². The summed E-state index contributed by atoms with van der Waals surface area (Å²) in [6.45, 7) is 0. The highest BCUT2D eigenvalue weighted by Crippen LogP contribution is 2.30. The molecule has 0 aliphatic rings. The maximum Gasteiger partial charge on any atom is 0.265 e. The zero-order valence-electron chi connectivity index (χ0n) is 19.1. The van der Waals surface area contributed by atoms with Gasteiger partial charge in [0.05, 0.1) is 32.5 Å². The molecule has 0 aliphatic carbocycles. The molecule has 0 spiro atoms. The molecule has 192 valence electrons. The van der Waals surface area contributed by atoms with E-state index in [-0.39, 0.29) is 11.9 Å². The molecular weight excluding hydrogens is 574 g/mol. The molecule has 10 nitrogen and oxygen atoms in total. The molecule has 0 saturated carbocycles. The first-order valence-electron chi connectivity index (χ1n) is 10.8. The maximum atomic E-state index is 6.07. The zero-order chi connectivity index (χ0) is 26.6. The quantitative estimate of drug-likeness (QED) is 0.101. The number of benzene rings is 2. The Morgan fingerprint density at radius 2 is 1.11 bits per heavy atom. The van der Waals surface area contributed by atoms with Gasteiger partial charge in [-0.1, -0.05) is 46.4 Å². The second-order valence-electron chi connectivity index (χ2n) is 7.62. The third-order valence-electron chi connectivity index (χ3n) is 5.07. The highest BCUT2D eigenvalue weighted by Gasteiger charge is 2.10. The fourth-order valence-corrected chi connectivity index (χ4v) is 3.80.